The molecule has 1 aromatic heterocycles. The second-order valence-electron chi connectivity index (χ2n) is 3.62. The van der Waals surface area contributed by atoms with E-state index in [1.165, 1.54) is 0 Å². The quantitative estimate of drug-likeness (QED) is 0.718. The summed E-state index contributed by atoms with van der Waals surface area (Å²) in [6.07, 6.45) is 0. The van der Waals surface area contributed by atoms with E-state index in [1.807, 2.05) is 6.92 Å². The number of aromatic carboxylic acids is 1. The number of rotatable bonds is 2. The van der Waals surface area contributed by atoms with Gasteiger partial charge in [-0.15, -0.1) is 0 Å². The fourth-order valence-corrected chi connectivity index (χ4v) is 1.50. The minimum absolute atomic E-state index is 0.484. The predicted molar refractivity (Wildman–Crippen MR) is 59.8 cm³/mol. The van der Waals surface area contributed by atoms with Crippen molar-refractivity contribution in [1.82, 2.24) is 9.78 Å². The molecule has 2 aromatic rings. The van der Waals surface area contributed by atoms with E-state index in [0.29, 0.717) is 5.69 Å². The molecule has 1 heterocycles. The van der Waals surface area contributed by atoms with Gasteiger partial charge >= 0.3 is 5.97 Å². The maximum absolute atomic E-state index is 11.3. The van der Waals surface area contributed by atoms with Gasteiger partial charge < -0.3 is 10.2 Å². The summed E-state index contributed by atoms with van der Waals surface area (Å²) in [5.74, 6) is -2.07. The van der Waals surface area contributed by atoms with Crippen LogP contribution in [0.3, 0.4) is 0 Å². The highest BCUT2D eigenvalue weighted by Crippen LogP contribution is 2.18. The Morgan fingerprint density at radius 1 is 1.29 bits per heavy atom. The van der Waals surface area contributed by atoms with E-state index in [4.69, 9.17) is 5.11 Å². The third-order valence-electron chi connectivity index (χ3n) is 2.38. The fraction of sp³-hybridized carbons (Fsp3) is 0.0909. The van der Waals surface area contributed by atoms with Crippen molar-refractivity contribution in [2.75, 3.05) is 0 Å². The Morgan fingerprint density at radius 3 is 2.35 bits per heavy atom. The lowest BCUT2D eigenvalue weighted by Gasteiger charge is -2.04. The van der Waals surface area contributed by atoms with Crippen molar-refractivity contribution in [3.8, 4) is 11.6 Å². The lowest BCUT2D eigenvalue weighted by molar-refractivity contribution is 0.0692. The predicted octanol–water partition coefficient (Wildman–Crippen LogP) is 0.878. The van der Waals surface area contributed by atoms with Crippen LogP contribution in [0.2, 0.25) is 0 Å². The Bertz CT molecular complexity index is 622. The van der Waals surface area contributed by atoms with Crippen LogP contribution in [0.4, 0.5) is 0 Å². The summed E-state index contributed by atoms with van der Waals surface area (Å²) >= 11 is 0. The van der Waals surface area contributed by atoms with Crippen molar-refractivity contribution in [2.24, 2.45) is 0 Å². The SMILES string of the molecule is Cc1ccc(-n2[nH]c(=O)c(C(=O)O)c2O)cc1. The van der Waals surface area contributed by atoms with Crippen LogP contribution in [0.5, 0.6) is 5.88 Å². The normalized spacial score (nSPS) is 10.4. The Kier molecular flexibility index (Phi) is 2.47. The second-order valence-corrected chi connectivity index (χ2v) is 3.62. The van der Waals surface area contributed by atoms with Crippen LogP contribution in [0.25, 0.3) is 5.69 Å². The topological polar surface area (TPSA) is 95.3 Å². The standard InChI is InChI=1S/C11H10N2O4/c1-6-2-4-7(5-3-6)13-10(15)8(11(16)17)9(14)12-13/h2-5,15H,1H3,(H,12,14)(H,16,17). The van der Waals surface area contributed by atoms with Crippen molar-refractivity contribution in [3.05, 3.63) is 45.7 Å². The summed E-state index contributed by atoms with van der Waals surface area (Å²) in [6.45, 7) is 1.89. The summed E-state index contributed by atoms with van der Waals surface area (Å²) < 4.78 is 1.03. The number of aromatic hydroxyl groups is 1. The lowest BCUT2D eigenvalue weighted by Crippen LogP contribution is -2.11. The molecule has 6 heteroatoms. The molecule has 1 aromatic carbocycles. The fourth-order valence-electron chi connectivity index (χ4n) is 1.50. The van der Waals surface area contributed by atoms with Gasteiger partial charge in [-0.25, -0.2) is 9.48 Å². The molecule has 0 saturated carbocycles. The van der Waals surface area contributed by atoms with Crippen molar-refractivity contribution in [2.45, 2.75) is 6.92 Å². The molecule has 2 rings (SSSR count). The number of carboxylic acid groups (broad SMARTS) is 1. The van der Waals surface area contributed by atoms with Crippen molar-refractivity contribution >= 4 is 5.97 Å². The molecule has 0 spiro atoms. The number of hydrogen-bond donors (Lipinski definition) is 3. The van der Waals surface area contributed by atoms with Gasteiger partial charge in [0.05, 0.1) is 5.69 Å². The highest BCUT2D eigenvalue weighted by Gasteiger charge is 2.20. The van der Waals surface area contributed by atoms with Gasteiger partial charge in [0.2, 0.25) is 5.88 Å². The molecule has 88 valence electrons. The Labute approximate surface area is 95.7 Å². The average Bonchev–Trinajstić information content (AvgIpc) is 2.55. The summed E-state index contributed by atoms with van der Waals surface area (Å²) in [4.78, 5) is 22.1. The van der Waals surface area contributed by atoms with E-state index in [-0.39, 0.29) is 0 Å². The van der Waals surface area contributed by atoms with Crippen LogP contribution >= 0.6 is 0 Å². The average molecular weight is 234 g/mol. The maximum Gasteiger partial charge on any atom is 0.347 e. The zero-order chi connectivity index (χ0) is 12.6. The van der Waals surface area contributed by atoms with Gasteiger partial charge in [0.15, 0.2) is 5.56 Å². The first-order valence-corrected chi connectivity index (χ1v) is 4.85. The number of aromatic nitrogens is 2. The van der Waals surface area contributed by atoms with Crippen molar-refractivity contribution < 1.29 is 15.0 Å². The Morgan fingerprint density at radius 2 is 1.88 bits per heavy atom. The second kappa shape index (κ2) is 3.82. The van der Waals surface area contributed by atoms with Crippen molar-refractivity contribution in [1.29, 1.82) is 0 Å². The first-order chi connectivity index (χ1) is 8.00. The number of aryl methyl sites for hydroxylation is 1. The number of aromatic amines is 1. The van der Waals surface area contributed by atoms with Crippen molar-refractivity contribution in [3.63, 3.8) is 0 Å². The minimum Gasteiger partial charge on any atom is -0.493 e. The molecule has 0 fully saturated rings. The zero-order valence-corrected chi connectivity index (χ0v) is 8.97. The van der Waals surface area contributed by atoms with Gasteiger partial charge in [0.25, 0.3) is 5.56 Å². The van der Waals surface area contributed by atoms with Crippen LogP contribution in [-0.2, 0) is 0 Å². The van der Waals surface area contributed by atoms with E-state index in [1.54, 1.807) is 24.3 Å². The zero-order valence-electron chi connectivity index (χ0n) is 8.97. The van der Waals surface area contributed by atoms with Gasteiger partial charge in [0, 0.05) is 0 Å². The lowest BCUT2D eigenvalue weighted by atomic mass is 10.2. The molecule has 3 N–H and O–H groups in total. The number of benzene rings is 1. The van der Waals surface area contributed by atoms with E-state index in [2.05, 4.69) is 5.10 Å². The number of carbonyl (C=O) groups is 1. The molecule has 0 saturated heterocycles. The molecule has 0 atom stereocenters. The van der Waals surface area contributed by atoms with E-state index >= 15 is 0 Å². The molecule has 0 unspecified atom stereocenters. The first kappa shape index (κ1) is 11.0. The summed E-state index contributed by atoms with van der Waals surface area (Å²) in [6, 6.07) is 6.90. The van der Waals surface area contributed by atoms with Crippen LogP contribution in [0.15, 0.2) is 29.1 Å². The third kappa shape index (κ3) is 1.80. The van der Waals surface area contributed by atoms with Crippen LogP contribution in [-0.4, -0.2) is 26.0 Å². The molecule has 0 amide bonds. The molecule has 17 heavy (non-hydrogen) atoms. The minimum atomic E-state index is -1.46. The highest BCUT2D eigenvalue weighted by atomic mass is 16.4. The van der Waals surface area contributed by atoms with Crippen LogP contribution in [0, 0.1) is 6.92 Å². The largest absolute Gasteiger partial charge is 0.493 e. The smallest absolute Gasteiger partial charge is 0.347 e. The van der Waals surface area contributed by atoms with Gasteiger partial charge in [0.1, 0.15) is 0 Å². The number of hydrogen-bond acceptors (Lipinski definition) is 3. The monoisotopic (exact) mass is 234 g/mol. The first-order valence-electron chi connectivity index (χ1n) is 4.85. The van der Waals surface area contributed by atoms with Gasteiger partial charge in [-0.3, -0.25) is 9.89 Å². The van der Waals surface area contributed by atoms with Gasteiger partial charge in [-0.05, 0) is 19.1 Å². The number of nitrogens with zero attached hydrogens (tertiary/aromatic N) is 1. The van der Waals surface area contributed by atoms with E-state index in [9.17, 15) is 14.7 Å². The van der Waals surface area contributed by atoms with Crippen LogP contribution in [0.1, 0.15) is 15.9 Å². The molecule has 0 aliphatic heterocycles. The molecule has 0 aliphatic rings. The maximum atomic E-state index is 11.3. The molecule has 0 radical (unpaired) electrons. The van der Waals surface area contributed by atoms with Gasteiger partial charge in [-0.1, -0.05) is 17.7 Å². The van der Waals surface area contributed by atoms with E-state index in [0.717, 1.165) is 10.2 Å². The molecular weight excluding hydrogens is 224 g/mol. The molecular formula is C11H10N2O4. The third-order valence-corrected chi connectivity index (χ3v) is 2.38. The Balaban J connectivity index is 2.61. The summed E-state index contributed by atoms with van der Waals surface area (Å²) in [5, 5.41) is 20.7. The Hall–Kier alpha value is -2.50. The highest BCUT2D eigenvalue weighted by molar-refractivity contribution is 5.89. The number of H-pyrrole nitrogens is 1. The summed E-state index contributed by atoms with van der Waals surface area (Å²) in [7, 11) is 0. The number of nitrogens with one attached hydrogen (secondary N) is 1. The molecule has 0 bridgehead atoms. The summed E-state index contributed by atoms with van der Waals surface area (Å²) in [5.41, 5.74) is 0.0000471. The number of carboxylic acids is 1. The van der Waals surface area contributed by atoms with Gasteiger partial charge in [-0.2, -0.15) is 0 Å². The van der Waals surface area contributed by atoms with Crippen LogP contribution < -0.4 is 5.56 Å². The molecule has 6 nitrogen and oxygen atoms in total. The van der Waals surface area contributed by atoms with E-state index < -0.39 is 23.0 Å². The molecule has 0 aliphatic carbocycles.